The average Bonchev–Trinajstić information content (AvgIpc) is 2.82. The third kappa shape index (κ3) is 5.69. The van der Waals surface area contributed by atoms with E-state index in [0.29, 0.717) is 18.2 Å². The number of anilines is 1. The Kier molecular flexibility index (Phi) is 7.46. The quantitative estimate of drug-likeness (QED) is 0.678. The van der Waals surface area contributed by atoms with Gasteiger partial charge in [-0.2, -0.15) is 0 Å². The number of piperazine rings is 1. The average molecular weight is 435 g/mol. The summed E-state index contributed by atoms with van der Waals surface area (Å²) in [7, 11) is 0. The fourth-order valence-electron chi connectivity index (χ4n) is 5.17. The van der Waals surface area contributed by atoms with E-state index in [0.717, 1.165) is 51.5 Å². The molecule has 1 aromatic heterocycles. The lowest BCUT2D eigenvalue weighted by molar-refractivity contribution is -0.131. The summed E-state index contributed by atoms with van der Waals surface area (Å²) in [4.78, 5) is 24.2. The van der Waals surface area contributed by atoms with E-state index in [9.17, 15) is 4.79 Å². The van der Waals surface area contributed by atoms with Crippen molar-refractivity contribution >= 4 is 11.7 Å². The van der Waals surface area contributed by atoms with Gasteiger partial charge in [0.1, 0.15) is 5.82 Å². The first-order valence-electron chi connectivity index (χ1n) is 12.2. The number of benzene rings is 1. The van der Waals surface area contributed by atoms with Gasteiger partial charge in [-0.3, -0.25) is 9.69 Å². The van der Waals surface area contributed by atoms with E-state index >= 15 is 0 Å². The zero-order valence-electron chi connectivity index (χ0n) is 20.0. The molecule has 2 aliphatic rings. The van der Waals surface area contributed by atoms with Crippen molar-refractivity contribution in [3.63, 3.8) is 0 Å². The van der Waals surface area contributed by atoms with Crippen molar-refractivity contribution in [2.75, 3.05) is 44.2 Å². The standard InChI is InChI=1S/C27H38N4O/c1-21-17-23(3)25(18-22(21)2)20-29-12-6-7-24(19-29)9-10-27(32)31-15-13-30(14-16-31)26-8-4-5-11-28-26/h4-5,8,11,17-18,24H,6-7,9-10,12-16,19-20H2,1-3H3/t24-/m1/s1. The second kappa shape index (κ2) is 10.5. The topological polar surface area (TPSA) is 39.7 Å². The van der Waals surface area contributed by atoms with Crippen LogP contribution >= 0.6 is 0 Å². The zero-order chi connectivity index (χ0) is 22.5. The number of hydrogen-bond donors (Lipinski definition) is 0. The minimum Gasteiger partial charge on any atom is -0.353 e. The van der Waals surface area contributed by atoms with Crippen LogP contribution in [0.15, 0.2) is 36.5 Å². The van der Waals surface area contributed by atoms with Crippen molar-refractivity contribution in [2.24, 2.45) is 5.92 Å². The summed E-state index contributed by atoms with van der Waals surface area (Å²) < 4.78 is 0. The van der Waals surface area contributed by atoms with Gasteiger partial charge in [-0.05, 0) is 86.9 Å². The Morgan fingerprint density at radius 2 is 1.78 bits per heavy atom. The molecule has 0 unspecified atom stereocenters. The number of rotatable bonds is 6. The Balaban J connectivity index is 1.23. The van der Waals surface area contributed by atoms with E-state index in [1.165, 1.54) is 41.6 Å². The minimum absolute atomic E-state index is 0.327. The van der Waals surface area contributed by atoms with Crippen LogP contribution in [0.1, 0.15) is 47.9 Å². The fourth-order valence-corrected chi connectivity index (χ4v) is 5.17. The van der Waals surface area contributed by atoms with Gasteiger partial charge in [-0.1, -0.05) is 18.2 Å². The number of likely N-dealkylation sites (tertiary alicyclic amines) is 1. The lowest BCUT2D eigenvalue weighted by atomic mass is 9.92. The number of amides is 1. The molecule has 2 aliphatic heterocycles. The molecule has 1 amide bonds. The highest BCUT2D eigenvalue weighted by Gasteiger charge is 2.25. The van der Waals surface area contributed by atoms with Gasteiger partial charge in [0.25, 0.3) is 0 Å². The first-order valence-corrected chi connectivity index (χ1v) is 12.2. The van der Waals surface area contributed by atoms with Crippen molar-refractivity contribution in [1.29, 1.82) is 0 Å². The lowest BCUT2D eigenvalue weighted by Crippen LogP contribution is -2.49. The third-order valence-electron chi connectivity index (χ3n) is 7.32. The van der Waals surface area contributed by atoms with Crippen LogP contribution < -0.4 is 4.90 Å². The Morgan fingerprint density at radius 1 is 1.00 bits per heavy atom. The van der Waals surface area contributed by atoms with Crippen molar-refractivity contribution in [1.82, 2.24) is 14.8 Å². The molecule has 32 heavy (non-hydrogen) atoms. The molecule has 5 nitrogen and oxygen atoms in total. The molecular weight excluding hydrogens is 396 g/mol. The van der Waals surface area contributed by atoms with E-state index in [1.54, 1.807) is 0 Å². The molecule has 0 radical (unpaired) electrons. The van der Waals surface area contributed by atoms with E-state index in [-0.39, 0.29) is 0 Å². The molecule has 0 spiro atoms. The summed E-state index contributed by atoms with van der Waals surface area (Å²) >= 11 is 0. The second-order valence-electron chi connectivity index (χ2n) is 9.70. The van der Waals surface area contributed by atoms with Gasteiger partial charge in [0.2, 0.25) is 5.91 Å². The minimum atomic E-state index is 0.327. The molecule has 0 N–H and O–H groups in total. The van der Waals surface area contributed by atoms with Gasteiger partial charge in [0, 0.05) is 51.9 Å². The van der Waals surface area contributed by atoms with Crippen molar-refractivity contribution in [2.45, 2.75) is 53.0 Å². The zero-order valence-corrected chi connectivity index (χ0v) is 20.0. The molecule has 0 aliphatic carbocycles. The SMILES string of the molecule is Cc1cc(C)c(CN2CCC[C@H](CCC(=O)N3CCN(c4ccccn4)CC3)C2)cc1C. The third-order valence-corrected chi connectivity index (χ3v) is 7.32. The number of aryl methyl sites for hydroxylation is 3. The summed E-state index contributed by atoms with van der Waals surface area (Å²) in [5, 5.41) is 0. The van der Waals surface area contributed by atoms with Crippen LogP contribution in [0.2, 0.25) is 0 Å². The maximum absolute atomic E-state index is 12.8. The molecule has 2 aromatic rings. The van der Waals surface area contributed by atoms with Gasteiger partial charge in [-0.25, -0.2) is 4.98 Å². The van der Waals surface area contributed by atoms with Gasteiger partial charge in [0.15, 0.2) is 0 Å². The number of carbonyl (C=O) groups excluding carboxylic acids is 1. The molecule has 2 fully saturated rings. The molecule has 3 heterocycles. The predicted octanol–water partition coefficient (Wildman–Crippen LogP) is 4.35. The maximum Gasteiger partial charge on any atom is 0.222 e. The van der Waals surface area contributed by atoms with Crippen molar-refractivity contribution in [3.8, 4) is 0 Å². The smallest absolute Gasteiger partial charge is 0.222 e. The van der Waals surface area contributed by atoms with Crippen LogP contribution in [0.4, 0.5) is 5.82 Å². The molecule has 172 valence electrons. The van der Waals surface area contributed by atoms with Gasteiger partial charge in [-0.15, -0.1) is 0 Å². The molecule has 1 aromatic carbocycles. The molecule has 5 heteroatoms. The molecule has 4 rings (SSSR count). The van der Waals surface area contributed by atoms with Crippen LogP contribution in [-0.2, 0) is 11.3 Å². The van der Waals surface area contributed by atoms with Crippen LogP contribution in [0.3, 0.4) is 0 Å². The fraction of sp³-hybridized carbons (Fsp3) is 0.556. The van der Waals surface area contributed by atoms with Gasteiger partial charge >= 0.3 is 0 Å². The molecule has 0 bridgehead atoms. The number of pyridine rings is 1. The Hall–Kier alpha value is -2.40. The number of nitrogens with zero attached hydrogens (tertiary/aromatic N) is 4. The predicted molar refractivity (Wildman–Crippen MR) is 131 cm³/mol. The molecule has 2 saturated heterocycles. The van der Waals surface area contributed by atoms with Crippen LogP contribution in [0.5, 0.6) is 0 Å². The largest absolute Gasteiger partial charge is 0.353 e. The number of hydrogen-bond acceptors (Lipinski definition) is 4. The summed E-state index contributed by atoms with van der Waals surface area (Å²) in [6, 6.07) is 10.7. The highest BCUT2D eigenvalue weighted by molar-refractivity contribution is 5.76. The van der Waals surface area contributed by atoms with E-state index in [2.05, 4.69) is 52.6 Å². The lowest BCUT2D eigenvalue weighted by Gasteiger charge is -2.36. The number of aromatic nitrogens is 1. The first-order chi connectivity index (χ1) is 15.5. The van der Waals surface area contributed by atoms with Crippen molar-refractivity contribution in [3.05, 3.63) is 58.8 Å². The van der Waals surface area contributed by atoms with Crippen molar-refractivity contribution < 1.29 is 4.79 Å². The van der Waals surface area contributed by atoms with E-state index in [1.807, 2.05) is 24.4 Å². The Labute approximate surface area is 193 Å². The van der Waals surface area contributed by atoms with Gasteiger partial charge in [0.05, 0.1) is 0 Å². The monoisotopic (exact) mass is 434 g/mol. The number of piperidine rings is 1. The summed E-state index contributed by atoms with van der Waals surface area (Å²) in [6.45, 7) is 13.3. The summed E-state index contributed by atoms with van der Waals surface area (Å²) in [6.07, 6.45) is 6.03. The second-order valence-corrected chi connectivity index (χ2v) is 9.70. The maximum atomic E-state index is 12.8. The van der Waals surface area contributed by atoms with E-state index in [4.69, 9.17) is 0 Å². The summed E-state index contributed by atoms with van der Waals surface area (Å²) in [5.74, 6) is 1.98. The van der Waals surface area contributed by atoms with Crippen LogP contribution in [0.25, 0.3) is 0 Å². The molecule has 0 saturated carbocycles. The Bertz CT molecular complexity index is 905. The molecule has 1 atom stereocenters. The summed E-state index contributed by atoms with van der Waals surface area (Å²) in [5.41, 5.74) is 5.61. The van der Waals surface area contributed by atoms with Crippen LogP contribution in [0, 0.1) is 26.7 Å². The normalized spacial score (nSPS) is 19.9. The number of carbonyl (C=O) groups is 1. The Morgan fingerprint density at radius 3 is 2.53 bits per heavy atom. The van der Waals surface area contributed by atoms with Gasteiger partial charge < -0.3 is 9.80 Å². The highest BCUT2D eigenvalue weighted by Crippen LogP contribution is 2.25. The van der Waals surface area contributed by atoms with Crippen LogP contribution in [-0.4, -0.2) is 60.0 Å². The molecular formula is C27H38N4O. The highest BCUT2D eigenvalue weighted by atomic mass is 16.2. The van der Waals surface area contributed by atoms with E-state index < -0.39 is 0 Å². The first kappa shape index (κ1) is 22.8.